The van der Waals surface area contributed by atoms with E-state index >= 15 is 0 Å². The Labute approximate surface area is 122 Å². The lowest BCUT2D eigenvalue weighted by Crippen LogP contribution is -1.94. The molecule has 1 aromatic rings. The lowest BCUT2D eigenvalue weighted by atomic mass is 9.92. The van der Waals surface area contributed by atoms with Crippen LogP contribution in [0.25, 0.3) is 5.57 Å². The highest BCUT2D eigenvalue weighted by Gasteiger charge is 2.09. The van der Waals surface area contributed by atoms with Crippen LogP contribution in [0, 0.1) is 12.7 Å². The maximum atomic E-state index is 13.5. The van der Waals surface area contributed by atoms with Gasteiger partial charge in [0.1, 0.15) is 5.82 Å². The third-order valence-electron chi connectivity index (χ3n) is 3.25. The maximum Gasteiger partial charge on any atom is 0.123 e. The van der Waals surface area contributed by atoms with Gasteiger partial charge < -0.3 is 0 Å². The first-order valence-corrected chi connectivity index (χ1v) is 7.00. The van der Waals surface area contributed by atoms with E-state index in [9.17, 15) is 4.39 Å². The number of rotatable bonds is 7. The molecule has 0 atom stereocenters. The van der Waals surface area contributed by atoms with Crippen LogP contribution in [0.2, 0.25) is 0 Å². The topological polar surface area (TPSA) is 0 Å². The molecule has 20 heavy (non-hydrogen) atoms. The zero-order valence-corrected chi connectivity index (χ0v) is 12.5. The van der Waals surface area contributed by atoms with E-state index in [2.05, 4.69) is 32.2 Å². The monoisotopic (exact) mass is 270 g/mol. The van der Waals surface area contributed by atoms with Gasteiger partial charge in [-0.05, 0) is 60.6 Å². The molecular weight excluding hydrogens is 247 g/mol. The van der Waals surface area contributed by atoms with Crippen LogP contribution in [-0.4, -0.2) is 0 Å². The summed E-state index contributed by atoms with van der Waals surface area (Å²) < 4.78 is 13.5. The van der Waals surface area contributed by atoms with Gasteiger partial charge in [-0.2, -0.15) is 0 Å². The van der Waals surface area contributed by atoms with Gasteiger partial charge in [0.05, 0.1) is 0 Å². The number of allylic oxidation sites excluding steroid dienone is 6. The lowest BCUT2D eigenvalue weighted by molar-refractivity contribution is 0.626. The minimum atomic E-state index is -0.190. The van der Waals surface area contributed by atoms with Crippen LogP contribution in [0.4, 0.5) is 4.39 Å². The fourth-order valence-electron chi connectivity index (χ4n) is 2.26. The van der Waals surface area contributed by atoms with Crippen LogP contribution < -0.4 is 0 Å². The second-order valence-electron chi connectivity index (χ2n) is 4.74. The minimum Gasteiger partial charge on any atom is -0.207 e. The zero-order chi connectivity index (χ0) is 15.0. The van der Waals surface area contributed by atoms with Gasteiger partial charge in [0.25, 0.3) is 0 Å². The quantitative estimate of drug-likeness (QED) is 0.420. The van der Waals surface area contributed by atoms with Crippen LogP contribution in [0.5, 0.6) is 0 Å². The van der Waals surface area contributed by atoms with Crippen molar-refractivity contribution >= 4 is 5.57 Å². The van der Waals surface area contributed by atoms with Gasteiger partial charge in [-0.15, -0.1) is 13.2 Å². The molecule has 0 saturated carbocycles. The summed E-state index contributed by atoms with van der Waals surface area (Å²) in [7, 11) is 0. The van der Waals surface area contributed by atoms with Crippen LogP contribution in [0.15, 0.2) is 61.2 Å². The summed E-state index contributed by atoms with van der Waals surface area (Å²) in [5.41, 5.74) is 4.47. The van der Waals surface area contributed by atoms with E-state index in [-0.39, 0.29) is 5.82 Å². The molecule has 0 radical (unpaired) electrons. The summed E-state index contributed by atoms with van der Waals surface area (Å²) in [5.74, 6) is -0.190. The molecule has 0 saturated heterocycles. The van der Waals surface area contributed by atoms with Gasteiger partial charge in [0.2, 0.25) is 0 Å². The first kappa shape index (κ1) is 16.2. The Morgan fingerprint density at radius 1 is 1.25 bits per heavy atom. The first-order chi connectivity index (χ1) is 9.63. The van der Waals surface area contributed by atoms with Crippen molar-refractivity contribution in [1.29, 1.82) is 0 Å². The van der Waals surface area contributed by atoms with E-state index in [1.54, 1.807) is 6.07 Å². The summed E-state index contributed by atoms with van der Waals surface area (Å²) in [5, 5.41) is 0. The van der Waals surface area contributed by atoms with Crippen molar-refractivity contribution in [2.45, 2.75) is 33.1 Å². The molecule has 1 heteroatoms. The van der Waals surface area contributed by atoms with E-state index in [0.717, 1.165) is 30.4 Å². The molecular formula is C19H23F. The SMILES string of the molecule is C=CCC=CC(CC=C)=C(CC)c1cc(F)ccc1C. The molecule has 1 rings (SSSR count). The summed E-state index contributed by atoms with van der Waals surface area (Å²) in [4.78, 5) is 0. The standard InChI is InChI=1S/C19H23F/c1-5-8-9-11-16(10-6-2)18(7-3)19-14-17(20)13-12-15(19)4/h5-6,9,11-14H,1-2,7-8,10H2,3-4H3. The number of benzene rings is 1. The van der Waals surface area contributed by atoms with Crippen molar-refractivity contribution in [3.63, 3.8) is 0 Å². The largest absolute Gasteiger partial charge is 0.207 e. The Morgan fingerprint density at radius 2 is 2.00 bits per heavy atom. The third kappa shape index (κ3) is 4.34. The van der Waals surface area contributed by atoms with Gasteiger partial charge in [0.15, 0.2) is 0 Å². The Balaban J connectivity index is 3.34. The van der Waals surface area contributed by atoms with Crippen molar-refractivity contribution in [2.24, 2.45) is 0 Å². The van der Waals surface area contributed by atoms with E-state index in [1.165, 1.54) is 17.2 Å². The fraction of sp³-hybridized carbons (Fsp3) is 0.263. The van der Waals surface area contributed by atoms with Gasteiger partial charge in [-0.25, -0.2) is 4.39 Å². The number of hydrogen-bond acceptors (Lipinski definition) is 0. The van der Waals surface area contributed by atoms with Gasteiger partial charge in [-0.3, -0.25) is 0 Å². The highest BCUT2D eigenvalue weighted by molar-refractivity contribution is 5.73. The van der Waals surface area contributed by atoms with E-state index in [4.69, 9.17) is 0 Å². The summed E-state index contributed by atoms with van der Waals surface area (Å²) in [6, 6.07) is 4.96. The van der Waals surface area contributed by atoms with Crippen LogP contribution >= 0.6 is 0 Å². The molecule has 0 aromatic heterocycles. The average Bonchev–Trinajstić information content (AvgIpc) is 2.43. The maximum absolute atomic E-state index is 13.5. The predicted octanol–water partition coefficient (Wildman–Crippen LogP) is 6.01. The molecule has 0 aliphatic rings. The van der Waals surface area contributed by atoms with Crippen molar-refractivity contribution in [3.8, 4) is 0 Å². The molecule has 0 bridgehead atoms. The molecule has 0 nitrogen and oxygen atoms in total. The molecule has 0 fully saturated rings. The molecule has 0 spiro atoms. The molecule has 0 amide bonds. The molecule has 106 valence electrons. The molecule has 0 N–H and O–H groups in total. The van der Waals surface area contributed by atoms with Crippen molar-refractivity contribution in [1.82, 2.24) is 0 Å². The van der Waals surface area contributed by atoms with Gasteiger partial charge >= 0.3 is 0 Å². The molecule has 0 unspecified atom stereocenters. The normalized spacial score (nSPS) is 12.3. The van der Waals surface area contributed by atoms with Crippen molar-refractivity contribution in [3.05, 3.63) is 78.2 Å². The fourth-order valence-corrected chi connectivity index (χ4v) is 2.26. The second kappa shape index (κ2) is 8.31. The Hall–Kier alpha value is -1.89. The zero-order valence-electron chi connectivity index (χ0n) is 12.5. The van der Waals surface area contributed by atoms with E-state index in [1.807, 2.05) is 25.1 Å². The second-order valence-corrected chi connectivity index (χ2v) is 4.74. The Bertz CT molecular complexity index is 533. The molecule has 0 aliphatic carbocycles. The Kier molecular flexibility index (Phi) is 6.72. The van der Waals surface area contributed by atoms with Gasteiger partial charge in [-0.1, -0.05) is 37.3 Å². The smallest absolute Gasteiger partial charge is 0.123 e. The van der Waals surface area contributed by atoms with Gasteiger partial charge in [0, 0.05) is 0 Å². The van der Waals surface area contributed by atoms with Crippen LogP contribution in [0.3, 0.4) is 0 Å². The Morgan fingerprint density at radius 3 is 2.60 bits per heavy atom. The number of hydrogen-bond donors (Lipinski definition) is 0. The van der Waals surface area contributed by atoms with Crippen LogP contribution in [-0.2, 0) is 0 Å². The predicted molar refractivity (Wildman–Crippen MR) is 87.1 cm³/mol. The highest BCUT2D eigenvalue weighted by Crippen LogP contribution is 2.28. The minimum absolute atomic E-state index is 0.190. The average molecular weight is 270 g/mol. The summed E-state index contributed by atoms with van der Waals surface area (Å²) >= 11 is 0. The summed E-state index contributed by atoms with van der Waals surface area (Å²) in [6.45, 7) is 11.7. The van der Waals surface area contributed by atoms with Crippen molar-refractivity contribution in [2.75, 3.05) is 0 Å². The third-order valence-corrected chi connectivity index (χ3v) is 3.25. The molecule has 1 aromatic carbocycles. The lowest BCUT2D eigenvalue weighted by Gasteiger charge is -2.13. The van der Waals surface area contributed by atoms with E-state index < -0.39 is 0 Å². The summed E-state index contributed by atoms with van der Waals surface area (Å²) in [6.07, 6.45) is 10.4. The van der Waals surface area contributed by atoms with E-state index in [0.29, 0.717) is 0 Å². The molecule has 0 heterocycles. The van der Waals surface area contributed by atoms with Crippen molar-refractivity contribution < 1.29 is 4.39 Å². The molecule has 0 aliphatic heterocycles. The first-order valence-electron chi connectivity index (χ1n) is 7.00. The number of aryl methyl sites for hydroxylation is 1. The van der Waals surface area contributed by atoms with Crippen LogP contribution in [0.1, 0.15) is 37.3 Å². The highest BCUT2D eigenvalue weighted by atomic mass is 19.1. The number of halogens is 1.